The van der Waals surface area contributed by atoms with E-state index in [0.717, 1.165) is 47.4 Å². The van der Waals surface area contributed by atoms with Crippen LogP contribution in [0, 0.1) is 11.3 Å². The van der Waals surface area contributed by atoms with E-state index in [1.165, 1.54) is 23.1 Å². The zero-order valence-corrected chi connectivity index (χ0v) is 23.3. The van der Waals surface area contributed by atoms with Gasteiger partial charge in [0.15, 0.2) is 4.91 Å². The van der Waals surface area contributed by atoms with E-state index in [4.69, 9.17) is 4.74 Å². The number of sulfonamides is 1. The predicted molar refractivity (Wildman–Crippen MR) is 154 cm³/mol. The molecule has 206 valence electrons. The number of thiophene rings is 1. The number of nitrogens with one attached hydrogen (secondary N) is 1. The van der Waals surface area contributed by atoms with E-state index in [1.807, 2.05) is 6.07 Å². The third-order valence-corrected chi connectivity index (χ3v) is 9.69. The molecule has 3 aromatic rings. The lowest BCUT2D eigenvalue weighted by Gasteiger charge is -2.34. The summed E-state index contributed by atoms with van der Waals surface area (Å²) in [6.07, 6.45) is -1.44. The Kier molecular flexibility index (Phi) is 8.35. The summed E-state index contributed by atoms with van der Waals surface area (Å²) in [5.41, 5.74) is 2.24. The number of ether oxygens (including phenoxy) is 1. The quantitative estimate of drug-likeness (QED) is 0.372. The zero-order chi connectivity index (χ0) is 27.6. The monoisotopic (exact) mass is 568 g/mol. The third kappa shape index (κ3) is 6.34. The van der Waals surface area contributed by atoms with Gasteiger partial charge in [0.1, 0.15) is 12.2 Å². The normalized spacial score (nSPS) is 23.2. The molecule has 39 heavy (non-hydrogen) atoms. The van der Waals surface area contributed by atoms with Gasteiger partial charge < -0.3 is 24.7 Å². The Labute approximate surface area is 232 Å². The van der Waals surface area contributed by atoms with Gasteiger partial charge in [-0.25, -0.2) is 13.1 Å². The molecule has 2 fully saturated rings. The van der Waals surface area contributed by atoms with Crippen LogP contribution in [0.15, 0.2) is 53.4 Å². The summed E-state index contributed by atoms with van der Waals surface area (Å²) in [4.78, 5) is 5.90. The first-order chi connectivity index (χ1) is 18.7. The molecule has 5 rings (SSSR count). The number of nitriles is 1. The van der Waals surface area contributed by atoms with Crippen LogP contribution in [0.2, 0.25) is 0 Å². The van der Waals surface area contributed by atoms with E-state index in [1.54, 1.807) is 12.1 Å². The number of benzene rings is 2. The van der Waals surface area contributed by atoms with Gasteiger partial charge in [-0.3, -0.25) is 0 Å². The standard InChI is InChI=1S/C28H32N4O5S2/c1-31-9-11-32(12-10-31)22-5-4-19-14-21(3-2-20(19)15-22)27-7-6-23(38-27)16-24(17-29)39(35,36)30-18-26-28(34)25(33)8-13-37-26/h2-7,14-16,25-26,28,30,33-34H,8-13,18H2,1H3/b24-16+/t25-,26-,28+/m1/s1. The number of nitrogens with zero attached hydrogens (tertiary/aromatic N) is 3. The maximum absolute atomic E-state index is 12.8. The number of likely N-dealkylation sites (N-methyl/N-ethyl adjacent to an activating group) is 1. The molecule has 3 atom stereocenters. The summed E-state index contributed by atoms with van der Waals surface area (Å²) in [6.45, 7) is 4.11. The van der Waals surface area contributed by atoms with Crippen molar-refractivity contribution in [2.45, 2.75) is 24.7 Å². The number of fused-ring (bicyclic) bond motifs is 1. The van der Waals surface area contributed by atoms with Crippen LogP contribution in [0.5, 0.6) is 0 Å². The first-order valence-corrected chi connectivity index (χ1v) is 15.2. The molecule has 0 spiro atoms. The number of aliphatic hydroxyl groups is 2. The van der Waals surface area contributed by atoms with Crippen LogP contribution in [-0.4, -0.2) is 88.2 Å². The molecule has 0 radical (unpaired) electrons. The minimum absolute atomic E-state index is 0.218. The molecular weight excluding hydrogens is 536 g/mol. The van der Waals surface area contributed by atoms with Crippen LogP contribution < -0.4 is 9.62 Å². The first-order valence-electron chi connectivity index (χ1n) is 12.9. The second kappa shape index (κ2) is 11.7. The summed E-state index contributed by atoms with van der Waals surface area (Å²) in [6, 6.07) is 18.3. The van der Waals surface area contributed by atoms with Gasteiger partial charge in [-0.1, -0.05) is 18.2 Å². The van der Waals surface area contributed by atoms with Crippen molar-refractivity contribution < 1.29 is 23.4 Å². The van der Waals surface area contributed by atoms with Crippen LogP contribution in [-0.2, 0) is 14.8 Å². The largest absolute Gasteiger partial charge is 0.390 e. The third-order valence-electron chi connectivity index (χ3n) is 7.27. The van der Waals surface area contributed by atoms with Crippen LogP contribution >= 0.6 is 11.3 Å². The van der Waals surface area contributed by atoms with Gasteiger partial charge in [0, 0.05) is 54.8 Å². The average molecular weight is 569 g/mol. The van der Waals surface area contributed by atoms with Crippen molar-refractivity contribution in [3.05, 3.63) is 58.3 Å². The summed E-state index contributed by atoms with van der Waals surface area (Å²) < 4.78 is 33.2. The van der Waals surface area contributed by atoms with E-state index in [9.17, 15) is 23.9 Å². The number of piperazine rings is 1. The molecule has 2 aliphatic heterocycles. The fourth-order valence-electron chi connectivity index (χ4n) is 4.84. The van der Waals surface area contributed by atoms with Gasteiger partial charge >= 0.3 is 0 Å². The second-order valence-corrected chi connectivity index (χ2v) is 12.8. The number of aliphatic hydroxyl groups excluding tert-OH is 2. The number of hydrogen-bond acceptors (Lipinski definition) is 9. The van der Waals surface area contributed by atoms with Crippen molar-refractivity contribution in [2.24, 2.45) is 0 Å². The first kappa shape index (κ1) is 27.7. The maximum Gasteiger partial charge on any atom is 0.250 e. The Morgan fingerprint density at radius 1 is 1.13 bits per heavy atom. The lowest BCUT2D eigenvalue weighted by atomic mass is 10.0. The molecule has 9 nitrogen and oxygen atoms in total. The van der Waals surface area contributed by atoms with Crippen molar-refractivity contribution in [2.75, 3.05) is 51.3 Å². The van der Waals surface area contributed by atoms with E-state index >= 15 is 0 Å². The minimum atomic E-state index is -4.13. The Bertz CT molecular complexity index is 1510. The van der Waals surface area contributed by atoms with Crippen LogP contribution in [0.4, 0.5) is 5.69 Å². The summed E-state index contributed by atoms with van der Waals surface area (Å²) in [7, 11) is -1.99. The molecule has 1 aromatic heterocycles. The molecule has 0 aliphatic carbocycles. The van der Waals surface area contributed by atoms with Crippen molar-refractivity contribution in [3.8, 4) is 16.5 Å². The predicted octanol–water partition coefficient (Wildman–Crippen LogP) is 2.61. The molecule has 2 aliphatic rings. The molecule has 0 unspecified atom stereocenters. The Morgan fingerprint density at radius 2 is 1.87 bits per heavy atom. The van der Waals surface area contributed by atoms with Crippen molar-refractivity contribution in [3.63, 3.8) is 0 Å². The molecule has 0 amide bonds. The minimum Gasteiger partial charge on any atom is -0.390 e. The van der Waals surface area contributed by atoms with Crippen molar-refractivity contribution in [1.29, 1.82) is 5.26 Å². The fourth-order valence-corrected chi connectivity index (χ4v) is 6.80. The number of hydrogen-bond donors (Lipinski definition) is 3. The van der Waals surface area contributed by atoms with Crippen LogP contribution in [0.25, 0.3) is 27.3 Å². The fraction of sp³-hybridized carbons (Fsp3) is 0.393. The van der Waals surface area contributed by atoms with E-state index < -0.39 is 33.2 Å². The molecule has 11 heteroatoms. The van der Waals surface area contributed by atoms with Gasteiger partial charge in [0.25, 0.3) is 10.0 Å². The molecule has 3 heterocycles. The SMILES string of the molecule is CN1CCN(c2ccc3cc(-c4ccc(/C=C(\C#N)S(=O)(=O)NC[C@H]5OCC[C@@H](O)[C@@H]5O)s4)ccc3c2)CC1. The lowest BCUT2D eigenvalue weighted by Crippen LogP contribution is -2.49. The highest BCUT2D eigenvalue weighted by atomic mass is 32.2. The van der Waals surface area contributed by atoms with E-state index in [-0.39, 0.29) is 19.6 Å². The highest BCUT2D eigenvalue weighted by Gasteiger charge is 2.32. The Balaban J connectivity index is 1.30. The van der Waals surface area contributed by atoms with E-state index in [0.29, 0.717) is 4.88 Å². The highest BCUT2D eigenvalue weighted by molar-refractivity contribution is 7.93. The molecule has 2 aromatic carbocycles. The summed E-state index contributed by atoms with van der Waals surface area (Å²) in [5.74, 6) is 0. The molecular formula is C28H32N4O5S2. The van der Waals surface area contributed by atoms with Gasteiger partial charge in [0.05, 0.1) is 12.2 Å². The Morgan fingerprint density at radius 3 is 2.64 bits per heavy atom. The molecule has 0 bridgehead atoms. The zero-order valence-electron chi connectivity index (χ0n) is 21.7. The molecule has 3 N–H and O–H groups in total. The van der Waals surface area contributed by atoms with Gasteiger partial charge in [-0.05, 0) is 66.2 Å². The number of allylic oxidation sites excluding steroid dienone is 1. The summed E-state index contributed by atoms with van der Waals surface area (Å²) in [5, 5.41) is 31.7. The van der Waals surface area contributed by atoms with Gasteiger partial charge in [-0.15, -0.1) is 11.3 Å². The smallest absolute Gasteiger partial charge is 0.250 e. The van der Waals surface area contributed by atoms with Gasteiger partial charge in [-0.2, -0.15) is 5.26 Å². The average Bonchev–Trinajstić information content (AvgIpc) is 3.41. The number of anilines is 1. The highest BCUT2D eigenvalue weighted by Crippen LogP contribution is 2.33. The topological polar surface area (TPSA) is 126 Å². The number of rotatable bonds is 7. The Hall–Kier alpha value is -2.82. The van der Waals surface area contributed by atoms with Crippen LogP contribution in [0.1, 0.15) is 11.3 Å². The van der Waals surface area contributed by atoms with Crippen LogP contribution in [0.3, 0.4) is 0 Å². The molecule has 0 saturated carbocycles. The summed E-state index contributed by atoms with van der Waals surface area (Å²) >= 11 is 1.40. The van der Waals surface area contributed by atoms with Crippen molar-refractivity contribution in [1.82, 2.24) is 9.62 Å². The second-order valence-electron chi connectivity index (χ2n) is 9.97. The lowest BCUT2D eigenvalue weighted by molar-refractivity contribution is -0.131. The molecule has 2 saturated heterocycles. The maximum atomic E-state index is 12.8. The van der Waals surface area contributed by atoms with E-state index in [2.05, 4.69) is 58.0 Å². The van der Waals surface area contributed by atoms with Gasteiger partial charge in [0.2, 0.25) is 0 Å². The van der Waals surface area contributed by atoms with Crippen molar-refractivity contribution >= 4 is 43.9 Å².